The van der Waals surface area contributed by atoms with Crippen molar-refractivity contribution >= 4 is 17.4 Å². The molecule has 2 saturated heterocycles. The van der Waals surface area contributed by atoms with Gasteiger partial charge in [-0.1, -0.05) is 6.42 Å². The SMILES string of the molecule is O=C(Nc1ccc(OCC2CCCN3CCCCC23)cc1)Nc1ccc(OC2CCCC2)cc1. The first-order chi connectivity index (χ1) is 16.7. The van der Waals surface area contributed by atoms with Gasteiger partial charge in [-0.05, 0) is 113 Å². The lowest BCUT2D eigenvalue weighted by Crippen LogP contribution is -2.49. The molecule has 6 nitrogen and oxygen atoms in total. The van der Waals surface area contributed by atoms with E-state index < -0.39 is 0 Å². The molecule has 2 aliphatic heterocycles. The molecule has 182 valence electrons. The predicted molar refractivity (Wildman–Crippen MR) is 136 cm³/mol. The summed E-state index contributed by atoms with van der Waals surface area (Å²) >= 11 is 0. The number of fused-ring (bicyclic) bond motifs is 1. The Bertz CT molecular complexity index is 923. The molecule has 6 heteroatoms. The lowest BCUT2D eigenvalue weighted by molar-refractivity contribution is 0.0366. The van der Waals surface area contributed by atoms with Crippen molar-refractivity contribution < 1.29 is 14.3 Å². The number of rotatable bonds is 7. The summed E-state index contributed by atoms with van der Waals surface area (Å²) in [5.41, 5.74) is 1.47. The highest BCUT2D eigenvalue weighted by molar-refractivity contribution is 5.99. The van der Waals surface area contributed by atoms with E-state index in [2.05, 4.69) is 15.5 Å². The quantitative estimate of drug-likeness (QED) is 0.506. The molecule has 0 bridgehead atoms. The molecule has 1 aliphatic carbocycles. The van der Waals surface area contributed by atoms with Crippen LogP contribution in [-0.4, -0.2) is 42.8 Å². The second kappa shape index (κ2) is 11.1. The number of anilines is 2. The van der Waals surface area contributed by atoms with Crippen LogP contribution in [0.25, 0.3) is 0 Å². The number of carbonyl (C=O) groups excluding carboxylic acids is 1. The lowest BCUT2D eigenvalue weighted by Gasteiger charge is -2.44. The van der Waals surface area contributed by atoms with E-state index >= 15 is 0 Å². The Morgan fingerprint density at radius 3 is 2.09 bits per heavy atom. The molecule has 0 spiro atoms. The maximum Gasteiger partial charge on any atom is 0.323 e. The fourth-order valence-electron chi connectivity index (χ4n) is 5.72. The highest BCUT2D eigenvalue weighted by Gasteiger charge is 2.33. The zero-order valence-electron chi connectivity index (χ0n) is 20.0. The van der Waals surface area contributed by atoms with Crippen LogP contribution in [-0.2, 0) is 0 Å². The number of carbonyl (C=O) groups is 1. The van der Waals surface area contributed by atoms with Crippen molar-refractivity contribution in [3.8, 4) is 11.5 Å². The van der Waals surface area contributed by atoms with Crippen LogP contribution in [0, 0.1) is 5.92 Å². The van der Waals surface area contributed by atoms with Gasteiger partial charge in [0, 0.05) is 23.3 Å². The van der Waals surface area contributed by atoms with Gasteiger partial charge in [-0.15, -0.1) is 0 Å². The summed E-state index contributed by atoms with van der Waals surface area (Å²) in [5.74, 6) is 2.34. The maximum atomic E-state index is 12.4. The molecule has 2 aromatic rings. The van der Waals surface area contributed by atoms with Crippen molar-refractivity contribution in [2.24, 2.45) is 5.92 Å². The second-order valence-electron chi connectivity index (χ2n) is 9.96. The molecule has 2 unspecified atom stereocenters. The van der Waals surface area contributed by atoms with Crippen LogP contribution >= 0.6 is 0 Å². The molecule has 3 aliphatic rings. The number of ether oxygens (including phenoxy) is 2. The molecule has 0 aromatic heterocycles. The standard InChI is InChI=1S/C28H37N3O3/c32-28(30-23-12-16-26(17-13-23)34-25-7-1-2-8-25)29-22-10-14-24(15-11-22)33-20-21-6-5-19-31-18-4-3-9-27(21)31/h10-17,21,25,27H,1-9,18-20H2,(H2,29,30,32). The van der Waals surface area contributed by atoms with E-state index in [1.54, 1.807) is 0 Å². The van der Waals surface area contributed by atoms with Crippen LogP contribution in [0.4, 0.5) is 16.2 Å². The van der Waals surface area contributed by atoms with E-state index in [9.17, 15) is 4.79 Å². The summed E-state index contributed by atoms with van der Waals surface area (Å²) in [4.78, 5) is 15.1. The zero-order chi connectivity index (χ0) is 23.2. The van der Waals surface area contributed by atoms with Crippen LogP contribution in [0.1, 0.15) is 57.8 Å². The fourth-order valence-corrected chi connectivity index (χ4v) is 5.72. The van der Waals surface area contributed by atoms with Gasteiger partial charge in [-0.25, -0.2) is 4.79 Å². The minimum Gasteiger partial charge on any atom is -0.493 e. The van der Waals surface area contributed by atoms with Crippen molar-refractivity contribution in [1.82, 2.24) is 4.90 Å². The topological polar surface area (TPSA) is 62.8 Å². The summed E-state index contributed by atoms with van der Waals surface area (Å²) in [6, 6.07) is 15.7. The second-order valence-corrected chi connectivity index (χ2v) is 9.96. The Balaban J connectivity index is 1.07. The normalized spacial score (nSPS) is 23.2. The van der Waals surface area contributed by atoms with Gasteiger partial charge < -0.3 is 20.1 Å². The van der Waals surface area contributed by atoms with Gasteiger partial charge in [0.15, 0.2) is 0 Å². The van der Waals surface area contributed by atoms with Crippen LogP contribution in [0.2, 0.25) is 0 Å². The van der Waals surface area contributed by atoms with Gasteiger partial charge in [0.2, 0.25) is 0 Å². The monoisotopic (exact) mass is 463 g/mol. The minimum absolute atomic E-state index is 0.266. The largest absolute Gasteiger partial charge is 0.493 e. The van der Waals surface area contributed by atoms with E-state index in [0.717, 1.165) is 42.3 Å². The highest BCUT2D eigenvalue weighted by Crippen LogP contribution is 2.31. The molecule has 0 radical (unpaired) electrons. The maximum absolute atomic E-state index is 12.4. The third kappa shape index (κ3) is 6.03. The predicted octanol–water partition coefficient (Wildman–Crippen LogP) is 6.30. The van der Waals surface area contributed by atoms with Crippen LogP contribution in [0.5, 0.6) is 11.5 Å². The molecule has 2 N–H and O–H groups in total. The summed E-state index contributed by atoms with van der Waals surface area (Å²) in [6.07, 6.45) is 11.6. The Kier molecular flexibility index (Phi) is 7.54. The molecule has 2 atom stereocenters. The number of hydrogen-bond acceptors (Lipinski definition) is 4. The third-order valence-electron chi connectivity index (χ3n) is 7.52. The van der Waals surface area contributed by atoms with Crippen LogP contribution < -0.4 is 20.1 Å². The molecule has 1 saturated carbocycles. The highest BCUT2D eigenvalue weighted by atomic mass is 16.5. The number of nitrogens with zero attached hydrogens (tertiary/aromatic N) is 1. The van der Waals surface area contributed by atoms with Crippen LogP contribution in [0.3, 0.4) is 0 Å². The fraction of sp³-hybridized carbons (Fsp3) is 0.536. The van der Waals surface area contributed by atoms with Gasteiger partial charge in [0.05, 0.1) is 12.7 Å². The molecule has 2 amide bonds. The van der Waals surface area contributed by atoms with Gasteiger partial charge in [-0.3, -0.25) is 4.90 Å². The molecule has 3 fully saturated rings. The molecule has 5 rings (SSSR count). The first-order valence-electron chi connectivity index (χ1n) is 13.0. The van der Waals surface area contributed by atoms with Crippen LogP contribution in [0.15, 0.2) is 48.5 Å². The van der Waals surface area contributed by atoms with E-state index in [1.165, 1.54) is 58.0 Å². The average molecular weight is 464 g/mol. The summed E-state index contributed by atoms with van der Waals surface area (Å²) in [6.45, 7) is 3.28. The summed E-state index contributed by atoms with van der Waals surface area (Å²) < 4.78 is 12.1. The average Bonchev–Trinajstić information content (AvgIpc) is 3.38. The Hall–Kier alpha value is -2.73. The molecular weight excluding hydrogens is 426 g/mol. The number of benzene rings is 2. The van der Waals surface area contributed by atoms with E-state index in [0.29, 0.717) is 18.1 Å². The Morgan fingerprint density at radius 1 is 0.765 bits per heavy atom. The molecule has 34 heavy (non-hydrogen) atoms. The first-order valence-corrected chi connectivity index (χ1v) is 13.0. The van der Waals surface area contributed by atoms with Gasteiger partial charge >= 0.3 is 6.03 Å². The summed E-state index contributed by atoms with van der Waals surface area (Å²) in [7, 11) is 0. The molecular formula is C28H37N3O3. The number of urea groups is 1. The Labute approximate surface area is 203 Å². The number of nitrogens with one attached hydrogen (secondary N) is 2. The van der Waals surface area contributed by atoms with Crippen molar-refractivity contribution in [3.05, 3.63) is 48.5 Å². The lowest BCUT2D eigenvalue weighted by atomic mass is 9.84. The van der Waals surface area contributed by atoms with Crippen molar-refractivity contribution in [1.29, 1.82) is 0 Å². The third-order valence-corrected chi connectivity index (χ3v) is 7.52. The zero-order valence-corrected chi connectivity index (χ0v) is 20.0. The first kappa shape index (κ1) is 23.0. The Morgan fingerprint density at radius 2 is 1.38 bits per heavy atom. The van der Waals surface area contributed by atoms with E-state index in [1.807, 2.05) is 48.5 Å². The smallest absolute Gasteiger partial charge is 0.323 e. The van der Waals surface area contributed by atoms with E-state index in [4.69, 9.17) is 9.47 Å². The van der Waals surface area contributed by atoms with Gasteiger partial charge in [0.25, 0.3) is 0 Å². The van der Waals surface area contributed by atoms with Crippen molar-refractivity contribution in [3.63, 3.8) is 0 Å². The number of amides is 2. The van der Waals surface area contributed by atoms with Gasteiger partial charge in [-0.2, -0.15) is 0 Å². The molecule has 2 heterocycles. The minimum atomic E-state index is -0.266. The summed E-state index contributed by atoms with van der Waals surface area (Å²) in [5, 5.41) is 5.77. The van der Waals surface area contributed by atoms with E-state index in [-0.39, 0.29) is 6.03 Å². The van der Waals surface area contributed by atoms with Crippen molar-refractivity contribution in [2.75, 3.05) is 30.3 Å². The van der Waals surface area contributed by atoms with Gasteiger partial charge in [0.1, 0.15) is 11.5 Å². The molecule has 2 aromatic carbocycles. The number of piperidine rings is 2. The van der Waals surface area contributed by atoms with Crippen molar-refractivity contribution in [2.45, 2.75) is 69.9 Å². The number of hydrogen-bond donors (Lipinski definition) is 2.